The van der Waals surface area contributed by atoms with Gasteiger partial charge in [0, 0.05) is 25.3 Å². The molecule has 1 aromatic heterocycles. The maximum atomic E-state index is 12.9. The van der Waals surface area contributed by atoms with E-state index < -0.39 is 6.43 Å². The van der Waals surface area contributed by atoms with Gasteiger partial charge in [0.25, 0.3) is 6.43 Å². The molecule has 24 heavy (non-hydrogen) atoms. The lowest BCUT2D eigenvalue weighted by Crippen LogP contribution is -2.45. The Morgan fingerprint density at radius 1 is 1.08 bits per heavy atom. The number of nitrogens with zero attached hydrogens (tertiary/aromatic N) is 5. The minimum atomic E-state index is -2.63. The summed E-state index contributed by atoms with van der Waals surface area (Å²) in [5, 5.41) is 7.45. The van der Waals surface area contributed by atoms with Crippen molar-refractivity contribution in [2.75, 3.05) is 18.0 Å². The predicted octanol–water partition coefficient (Wildman–Crippen LogP) is 1.84. The van der Waals surface area contributed by atoms with Gasteiger partial charge in [-0.15, -0.1) is 10.2 Å². The summed E-state index contributed by atoms with van der Waals surface area (Å²) in [6.45, 7) is 1.97. The van der Waals surface area contributed by atoms with E-state index in [9.17, 15) is 13.6 Å². The van der Waals surface area contributed by atoms with Crippen molar-refractivity contribution in [2.45, 2.75) is 32.0 Å². The minimum absolute atomic E-state index is 0.0586. The fourth-order valence-corrected chi connectivity index (χ4v) is 3.49. The van der Waals surface area contributed by atoms with Crippen LogP contribution in [0.2, 0.25) is 0 Å². The molecule has 1 amide bonds. The van der Waals surface area contributed by atoms with Crippen LogP contribution in [-0.4, -0.2) is 44.7 Å². The van der Waals surface area contributed by atoms with Gasteiger partial charge in [-0.25, -0.2) is 8.78 Å². The summed E-state index contributed by atoms with van der Waals surface area (Å²) < 4.78 is 27.2. The molecule has 0 aliphatic carbocycles. The summed E-state index contributed by atoms with van der Waals surface area (Å²) in [6.07, 6.45) is -1.90. The van der Waals surface area contributed by atoms with Crippen molar-refractivity contribution in [3.8, 4) is 0 Å². The second-order valence-corrected chi connectivity index (χ2v) is 6.03. The molecule has 2 aliphatic heterocycles. The van der Waals surface area contributed by atoms with E-state index >= 15 is 0 Å². The van der Waals surface area contributed by atoms with Crippen LogP contribution < -0.4 is 4.90 Å². The molecule has 126 valence electrons. The Labute approximate surface area is 137 Å². The average Bonchev–Trinajstić information content (AvgIpc) is 3.18. The molecule has 0 saturated carbocycles. The SMILES string of the molecule is O=C1[C@@H](N2CCn3c(nnc3C(F)F)C2)CCN1c1ccccc1. The smallest absolute Gasteiger partial charge is 0.297 e. The quantitative estimate of drug-likeness (QED) is 0.860. The maximum Gasteiger partial charge on any atom is 0.297 e. The topological polar surface area (TPSA) is 54.3 Å². The molecule has 0 radical (unpaired) electrons. The Morgan fingerprint density at radius 3 is 2.62 bits per heavy atom. The van der Waals surface area contributed by atoms with E-state index in [-0.39, 0.29) is 17.8 Å². The molecule has 2 aromatic rings. The Balaban J connectivity index is 1.51. The lowest BCUT2D eigenvalue weighted by atomic mass is 10.2. The van der Waals surface area contributed by atoms with Crippen LogP contribution in [0.4, 0.5) is 14.5 Å². The largest absolute Gasteiger partial charge is 0.311 e. The molecule has 1 saturated heterocycles. The Morgan fingerprint density at radius 2 is 1.88 bits per heavy atom. The average molecular weight is 333 g/mol. The molecule has 0 spiro atoms. The van der Waals surface area contributed by atoms with Gasteiger partial charge in [-0.3, -0.25) is 9.69 Å². The predicted molar refractivity (Wildman–Crippen MR) is 82.6 cm³/mol. The summed E-state index contributed by atoms with van der Waals surface area (Å²) in [5.74, 6) is 0.277. The molecule has 1 atom stereocenters. The molecule has 8 heteroatoms. The zero-order valence-corrected chi connectivity index (χ0v) is 13.0. The van der Waals surface area contributed by atoms with Gasteiger partial charge in [-0.05, 0) is 18.6 Å². The number of aromatic nitrogens is 3. The molecule has 0 bridgehead atoms. The van der Waals surface area contributed by atoms with E-state index in [1.54, 1.807) is 4.90 Å². The summed E-state index contributed by atoms with van der Waals surface area (Å²) in [7, 11) is 0. The van der Waals surface area contributed by atoms with Crippen LogP contribution in [0.25, 0.3) is 0 Å². The molecular weight excluding hydrogens is 316 g/mol. The Hall–Kier alpha value is -2.35. The molecule has 0 unspecified atom stereocenters. The van der Waals surface area contributed by atoms with Crippen LogP contribution in [0.3, 0.4) is 0 Å². The number of benzene rings is 1. The Kier molecular flexibility index (Phi) is 3.76. The number of fused-ring (bicyclic) bond motifs is 1. The molecule has 6 nitrogen and oxygen atoms in total. The van der Waals surface area contributed by atoms with Crippen LogP contribution in [0, 0.1) is 0 Å². The molecule has 2 aliphatic rings. The minimum Gasteiger partial charge on any atom is -0.311 e. The first-order chi connectivity index (χ1) is 11.6. The normalized spacial score (nSPS) is 21.5. The van der Waals surface area contributed by atoms with E-state index in [1.165, 1.54) is 4.57 Å². The van der Waals surface area contributed by atoms with Gasteiger partial charge in [0.2, 0.25) is 5.91 Å². The van der Waals surface area contributed by atoms with Crippen LogP contribution >= 0.6 is 0 Å². The van der Waals surface area contributed by atoms with Gasteiger partial charge in [0.1, 0.15) is 5.82 Å². The monoisotopic (exact) mass is 333 g/mol. The number of para-hydroxylation sites is 1. The highest BCUT2D eigenvalue weighted by molar-refractivity contribution is 5.99. The van der Waals surface area contributed by atoms with Crippen LogP contribution in [-0.2, 0) is 17.9 Å². The van der Waals surface area contributed by atoms with Gasteiger partial charge < -0.3 is 9.47 Å². The van der Waals surface area contributed by atoms with Gasteiger partial charge in [0.15, 0.2) is 5.82 Å². The van der Waals surface area contributed by atoms with Gasteiger partial charge >= 0.3 is 0 Å². The first kappa shape index (κ1) is 15.2. The molecular formula is C16H17F2N5O. The van der Waals surface area contributed by atoms with Crippen molar-refractivity contribution in [3.05, 3.63) is 42.0 Å². The molecule has 3 heterocycles. The van der Waals surface area contributed by atoms with E-state index in [0.717, 1.165) is 12.1 Å². The third-order valence-corrected chi connectivity index (χ3v) is 4.69. The van der Waals surface area contributed by atoms with Crippen molar-refractivity contribution in [2.24, 2.45) is 0 Å². The number of alkyl halides is 2. The first-order valence-corrected chi connectivity index (χ1v) is 7.96. The van der Waals surface area contributed by atoms with Crippen molar-refractivity contribution >= 4 is 11.6 Å². The highest BCUT2D eigenvalue weighted by atomic mass is 19.3. The summed E-state index contributed by atoms with van der Waals surface area (Å²) in [6, 6.07) is 9.34. The number of halogens is 2. The number of anilines is 1. The second-order valence-electron chi connectivity index (χ2n) is 6.03. The fraction of sp³-hybridized carbons (Fsp3) is 0.438. The summed E-state index contributed by atoms with van der Waals surface area (Å²) in [4.78, 5) is 16.6. The zero-order valence-electron chi connectivity index (χ0n) is 13.0. The van der Waals surface area contributed by atoms with E-state index in [2.05, 4.69) is 10.2 Å². The van der Waals surface area contributed by atoms with Gasteiger partial charge in [0.05, 0.1) is 12.6 Å². The summed E-state index contributed by atoms with van der Waals surface area (Å²) in [5.41, 5.74) is 0.894. The number of carbonyl (C=O) groups excluding carboxylic acids is 1. The number of amides is 1. The van der Waals surface area contributed by atoms with Crippen molar-refractivity contribution in [1.82, 2.24) is 19.7 Å². The summed E-state index contributed by atoms with van der Waals surface area (Å²) >= 11 is 0. The fourth-order valence-electron chi connectivity index (χ4n) is 3.49. The van der Waals surface area contributed by atoms with E-state index in [4.69, 9.17) is 0 Å². The first-order valence-electron chi connectivity index (χ1n) is 7.96. The standard InChI is InChI=1S/C16H17F2N5O/c17-14(18)15-20-19-13-10-21(8-9-23(13)15)12-6-7-22(16(12)24)11-4-2-1-3-5-11/h1-5,12,14H,6-10H2/t12-/m0/s1. The van der Waals surface area contributed by atoms with E-state index in [1.807, 2.05) is 35.2 Å². The highest BCUT2D eigenvalue weighted by Crippen LogP contribution is 2.27. The number of rotatable bonds is 3. The van der Waals surface area contributed by atoms with Crippen LogP contribution in [0.1, 0.15) is 24.5 Å². The zero-order chi connectivity index (χ0) is 16.7. The third-order valence-electron chi connectivity index (χ3n) is 4.69. The lowest BCUT2D eigenvalue weighted by molar-refractivity contribution is -0.122. The van der Waals surface area contributed by atoms with Crippen LogP contribution in [0.15, 0.2) is 30.3 Å². The molecule has 0 N–H and O–H groups in total. The van der Waals surface area contributed by atoms with Crippen molar-refractivity contribution in [1.29, 1.82) is 0 Å². The van der Waals surface area contributed by atoms with Crippen molar-refractivity contribution in [3.63, 3.8) is 0 Å². The molecule has 4 rings (SSSR count). The molecule has 1 fully saturated rings. The van der Waals surface area contributed by atoms with E-state index in [0.29, 0.717) is 32.0 Å². The molecule has 1 aromatic carbocycles. The Bertz CT molecular complexity index is 748. The number of hydrogen-bond donors (Lipinski definition) is 0. The maximum absolute atomic E-state index is 12.9. The van der Waals surface area contributed by atoms with Crippen molar-refractivity contribution < 1.29 is 13.6 Å². The second kappa shape index (κ2) is 5.94. The number of hydrogen-bond acceptors (Lipinski definition) is 4. The van der Waals surface area contributed by atoms with Crippen LogP contribution in [0.5, 0.6) is 0 Å². The van der Waals surface area contributed by atoms with Gasteiger partial charge in [-0.1, -0.05) is 18.2 Å². The third kappa shape index (κ3) is 2.47. The number of carbonyl (C=O) groups is 1. The van der Waals surface area contributed by atoms with Gasteiger partial charge in [-0.2, -0.15) is 0 Å². The highest BCUT2D eigenvalue weighted by Gasteiger charge is 2.38. The lowest BCUT2D eigenvalue weighted by Gasteiger charge is -2.31.